The van der Waals surface area contributed by atoms with Crippen LogP contribution in [0.3, 0.4) is 0 Å². The first-order chi connectivity index (χ1) is 7.70. The van der Waals surface area contributed by atoms with Gasteiger partial charge in [-0.2, -0.15) is 26.3 Å². The summed E-state index contributed by atoms with van der Waals surface area (Å²) in [7, 11) is -6.78. The van der Waals surface area contributed by atoms with E-state index in [1.165, 1.54) is 6.92 Å². The van der Waals surface area contributed by atoms with Gasteiger partial charge in [0.05, 0.1) is 6.10 Å². The van der Waals surface area contributed by atoms with Crippen LogP contribution in [-0.2, 0) is 9.30 Å². The number of hydrogen-bond acceptors (Lipinski definition) is 2. The van der Waals surface area contributed by atoms with Crippen LogP contribution < -0.4 is 0 Å². The van der Waals surface area contributed by atoms with Crippen LogP contribution in [0.25, 0.3) is 0 Å². The molecule has 0 aromatic carbocycles. The van der Waals surface area contributed by atoms with Crippen LogP contribution in [0.1, 0.15) is 20.3 Å². The van der Waals surface area contributed by atoms with Gasteiger partial charge in [0.2, 0.25) is 0 Å². The highest BCUT2D eigenvalue weighted by Gasteiger charge is 2.80. The fourth-order valence-corrected chi connectivity index (χ4v) is 1.26. The van der Waals surface area contributed by atoms with Crippen molar-refractivity contribution >= 4 is 7.60 Å². The zero-order valence-corrected chi connectivity index (χ0v) is 10.1. The third-order valence-corrected chi connectivity index (χ3v) is 3.05. The van der Waals surface area contributed by atoms with Crippen molar-refractivity contribution in [2.24, 2.45) is 0 Å². The Hall–Kier alpha value is -0.310. The van der Waals surface area contributed by atoms with Crippen LogP contribution in [0.2, 0.25) is 0 Å². The van der Waals surface area contributed by atoms with E-state index in [1.54, 1.807) is 0 Å². The van der Waals surface area contributed by atoms with Crippen molar-refractivity contribution < 1.29 is 45.4 Å². The third kappa shape index (κ3) is 2.98. The fraction of sp³-hybridized carbons (Fsp3) is 1.00. The Morgan fingerprint density at radius 3 is 1.83 bits per heavy atom. The molecule has 1 atom stereocenters. The molecule has 0 heterocycles. The Kier molecular flexibility index (Phi) is 4.91. The van der Waals surface area contributed by atoms with Crippen molar-refractivity contribution in [1.82, 2.24) is 0 Å². The lowest BCUT2D eigenvalue weighted by molar-refractivity contribution is -0.394. The molecule has 0 saturated carbocycles. The van der Waals surface area contributed by atoms with Gasteiger partial charge in [-0.25, -0.2) is 0 Å². The average Bonchev–Trinajstić information content (AvgIpc) is 2.14. The van der Waals surface area contributed by atoms with Gasteiger partial charge in [-0.05, 0) is 13.3 Å². The summed E-state index contributed by atoms with van der Waals surface area (Å²) in [5, 5.41) is 0. The number of rotatable bonds is 6. The van der Waals surface area contributed by atoms with Crippen LogP contribution in [0.4, 0.5) is 26.3 Å². The van der Waals surface area contributed by atoms with E-state index in [0.717, 1.165) is 6.92 Å². The summed E-state index contributed by atoms with van der Waals surface area (Å²) in [5.41, 5.74) is -6.24. The molecule has 1 unspecified atom stereocenters. The Balaban J connectivity index is 5.43. The number of halogens is 6. The maximum atomic E-state index is 12.9. The monoisotopic (exact) mass is 304 g/mol. The summed E-state index contributed by atoms with van der Waals surface area (Å²) < 4.78 is 90.4. The third-order valence-electron chi connectivity index (χ3n) is 2.03. The largest absolute Gasteiger partial charge is 0.426 e. The second kappa shape index (κ2) is 4.99. The lowest BCUT2D eigenvalue weighted by Crippen LogP contribution is -2.55. The first-order valence-corrected chi connectivity index (χ1v) is 6.18. The first-order valence-electron chi connectivity index (χ1n) is 4.57. The van der Waals surface area contributed by atoms with E-state index in [9.17, 15) is 30.9 Å². The molecule has 18 heavy (non-hydrogen) atoms. The topological polar surface area (TPSA) is 66.8 Å². The predicted octanol–water partition coefficient (Wildman–Crippen LogP) is 2.80. The minimum Gasteiger partial charge on any atom is -0.320 e. The zero-order chi connectivity index (χ0) is 15.0. The van der Waals surface area contributed by atoms with E-state index in [0.29, 0.717) is 0 Å². The number of alkyl halides is 6. The molecular formula is C7H11F6O4P. The molecule has 0 aliphatic carbocycles. The van der Waals surface area contributed by atoms with Crippen molar-refractivity contribution in [2.75, 3.05) is 0 Å². The lowest BCUT2D eigenvalue weighted by Gasteiger charge is -2.33. The smallest absolute Gasteiger partial charge is 0.320 e. The maximum Gasteiger partial charge on any atom is 0.426 e. The highest BCUT2D eigenvalue weighted by atomic mass is 31.2. The normalized spacial score (nSPS) is 16.8. The van der Waals surface area contributed by atoms with Crippen molar-refractivity contribution in [3.63, 3.8) is 0 Å². The molecule has 0 aliphatic heterocycles. The Morgan fingerprint density at radius 1 is 1.17 bits per heavy atom. The van der Waals surface area contributed by atoms with Crippen LogP contribution in [0.5, 0.6) is 0 Å². The number of ether oxygens (including phenoxy) is 1. The van der Waals surface area contributed by atoms with Crippen molar-refractivity contribution in [2.45, 2.75) is 44.1 Å². The summed E-state index contributed by atoms with van der Waals surface area (Å²) in [6.45, 7) is 2.18. The molecule has 0 bridgehead atoms. The molecule has 110 valence electrons. The average molecular weight is 304 g/mol. The van der Waals surface area contributed by atoms with E-state index in [2.05, 4.69) is 4.74 Å². The van der Waals surface area contributed by atoms with Gasteiger partial charge in [0.15, 0.2) is 0 Å². The summed E-state index contributed by atoms with van der Waals surface area (Å²) in [6, 6.07) is 0. The van der Waals surface area contributed by atoms with E-state index >= 15 is 0 Å². The minimum atomic E-state index is -6.78. The van der Waals surface area contributed by atoms with Gasteiger partial charge in [-0.15, -0.1) is 0 Å². The van der Waals surface area contributed by atoms with Gasteiger partial charge >= 0.3 is 25.3 Å². The van der Waals surface area contributed by atoms with Crippen LogP contribution in [0, 0.1) is 0 Å². The molecule has 0 radical (unpaired) electrons. The molecule has 11 heteroatoms. The van der Waals surface area contributed by atoms with E-state index in [-0.39, 0.29) is 6.42 Å². The first kappa shape index (κ1) is 17.7. The summed E-state index contributed by atoms with van der Waals surface area (Å²) >= 11 is 0. The molecule has 2 N–H and O–H groups in total. The lowest BCUT2D eigenvalue weighted by atomic mass is 10.3. The van der Waals surface area contributed by atoms with Gasteiger partial charge in [0.1, 0.15) is 0 Å². The molecule has 0 fully saturated rings. The molecule has 4 nitrogen and oxygen atoms in total. The molecular weight excluding hydrogens is 293 g/mol. The SMILES string of the molecule is CCC(C)OC(F)(F)C(F)(F)C(F)(F)P(=O)(O)O. The van der Waals surface area contributed by atoms with Gasteiger partial charge < -0.3 is 14.5 Å². The molecule has 0 aliphatic rings. The molecule has 0 spiro atoms. The van der Waals surface area contributed by atoms with Crippen molar-refractivity contribution in [1.29, 1.82) is 0 Å². The Labute approximate surface area is 98.1 Å². The second-order valence-corrected chi connectivity index (χ2v) is 5.16. The number of hydrogen-bond donors (Lipinski definition) is 2. The Morgan fingerprint density at radius 2 is 1.56 bits per heavy atom. The van der Waals surface area contributed by atoms with Gasteiger partial charge in [0, 0.05) is 0 Å². The fourth-order valence-electron chi connectivity index (χ4n) is 0.768. The quantitative estimate of drug-likeness (QED) is 0.585. The zero-order valence-electron chi connectivity index (χ0n) is 9.21. The molecule has 0 saturated heterocycles. The van der Waals surface area contributed by atoms with Crippen molar-refractivity contribution in [3.8, 4) is 0 Å². The predicted molar refractivity (Wildman–Crippen MR) is 47.7 cm³/mol. The van der Waals surface area contributed by atoms with Crippen LogP contribution in [-0.4, -0.2) is 33.6 Å². The highest BCUT2D eigenvalue weighted by Crippen LogP contribution is 2.63. The molecule has 0 aromatic heterocycles. The van der Waals surface area contributed by atoms with Gasteiger partial charge in [0.25, 0.3) is 0 Å². The van der Waals surface area contributed by atoms with Gasteiger partial charge in [-0.1, -0.05) is 6.92 Å². The maximum absolute atomic E-state index is 12.9. The highest BCUT2D eigenvalue weighted by molar-refractivity contribution is 7.53. The Bertz CT molecular complexity index is 341. The van der Waals surface area contributed by atoms with Gasteiger partial charge in [-0.3, -0.25) is 4.57 Å². The van der Waals surface area contributed by atoms with Crippen molar-refractivity contribution in [3.05, 3.63) is 0 Å². The van der Waals surface area contributed by atoms with E-state index in [4.69, 9.17) is 9.79 Å². The molecule has 0 aromatic rings. The van der Waals surface area contributed by atoms with E-state index in [1.807, 2.05) is 0 Å². The van der Waals surface area contributed by atoms with Crippen LogP contribution >= 0.6 is 7.60 Å². The molecule has 0 rings (SSSR count). The van der Waals surface area contributed by atoms with Crippen LogP contribution in [0.15, 0.2) is 0 Å². The summed E-state index contributed by atoms with van der Waals surface area (Å²) in [6.07, 6.45) is -7.40. The standard InChI is InChI=1S/C7H11F6O4P/c1-3-4(2)17-6(10,11)5(8,9)7(12,13)18(14,15)16/h4H,3H2,1-2H3,(H2,14,15,16). The minimum absolute atomic E-state index is 0.187. The summed E-state index contributed by atoms with van der Waals surface area (Å²) in [5.74, 6) is -6.34. The molecule has 0 amide bonds. The summed E-state index contributed by atoms with van der Waals surface area (Å²) in [4.78, 5) is 16.1. The second-order valence-electron chi connectivity index (χ2n) is 3.51. The van der Waals surface area contributed by atoms with E-state index < -0.39 is 31.4 Å².